The molecule has 2 bridgehead atoms. The summed E-state index contributed by atoms with van der Waals surface area (Å²) in [5.74, 6) is 1.02. The molecule has 1 unspecified atom stereocenters. The van der Waals surface area contributed by atoms with Gasteiger partial charge >= 0.3 is 0 Å². The Morgan fingerprint density at radius 1 is 1.12 bits per heavy atom. The van der Waals surface area contributed by atoms with Crippen LogP contribution in [0.5, 0.6) is 5.75 Å². The molecule has 4 aliphatic carbocycles. The predicted octanol–water partition coefficient (Wildman–Crippen LogP) is 4.69. The first-order valence-electron chi connectivity index (χ1n) is 12.7. The molecule has 5 aliphatic rings. The largest absolute Gasteiger partial charge is 0.489 e. The highest BCUT2D eigenvalue weighted by Gasteiger charge is 2.53. The molecular formula is C27H37FN2O3. The Balaban J connectivity index is 1.18. The van der Waals surface area contributed by atoms with Crippen LogP contribution in [0.2, 0.25) is 0 Å². The minimum absolute atomic E-state index is 0.0616. The second-order valence-electron chi connectivity index (χ2n) is 10.9. The lowest BCUT2D eigenvalue weighted by molar-refractivity contribution is -0.149. The summed E-state index contributed by atoms with van der Waals surface area (Å²) < 4.78 is 24.4. The Labute approximate surface area is 196 Å². The number of fused-ring (bicyclic) bond motifs is 3. The molecule has 4 saturated carbocycles. The normalized spacial score (nSPS) is 32.9. The molecular weight excluding hydrogens is 419 g/mol. The molecule has 1 aromatic rings. The van der Waals surface area contributed by atoms with Gasteiger partial charge in [-0.3, -0.25) is 4.79 Å². The van der Waals surface area contributed by atoms with Crippen LogP contribution in [0.1, 0.15) is 76.2 Å². The van der Waals surface area contributed by atoms with Gasteiger partial charge in [0.2, 0.25) is 5.91 Å². The van der Waals surface area contributed by atoms with Gasteiger partial charge in [0.1, 0.15) is 12.4 Å². The highest BCUT2D eigenvalue weighted by molar-refractivity contribution is 5.83. The van der Waals surface area contributed by atoms with Crippen molar-refractivity contribution < 1.29 is 18.7 Å². The van der Waals surface area contributed by atoms with E-state index < -0.39 is 0 Å². The highest BCUT2D eigenvalue weighted by Crippen LogP contribution is 2.58. The molecule has 180 valence electrons. The van der Waals surface area contributed by atoms with E-state index in [-0.39, 0.29) is 41.5 Å². The molecule has 1 atom stereocenters. The lowest BCUT2D eigenvalue weighted by Gasteiger charge is -2.53. The number of carbonyl (C=O) groups excluding carboxylic acids is 1. The SMILES string of the molecule is NCC(=CF)COc1ccc(C23CCC(C(=O)NC4CCOC5(CCC5)C4)(CC2)CC3)cc1. The van der Waals surface area contributed by atoms with Crippen molar-refractivity contribution in [3.8, 4) is 5.75 Å². The molecule has 1 saturated heterocycles. The first kappa shape index (κ1) is 22.9. The van der Waals surface area contributed by atoms with Crippen molar-refractivity contribution in [2.75, 3.05) is 19.8 Å². The molecule has 1 aliphatic heterocycles. The summed E-state index contributed by atoms with van der Waals surface area (Å²) in [6.07, 6.45) is 12.1. The maximum absolute atomic E-state index is 13.4. The van der Waals surface area contributed by atoms with Crippen molar-refractivity contribution in [1.29, 1.82) is 0 Å². The van der Waals surface area contributed by atoms with Crippen LogP contribution in [0.25, 0.3) is 0 Å². The number of ether oxygens (including phenoxy) is 2. The zero-order valence-corrected chi connectivity index (χ0v) is 19.5. The Hall–Kier alpha value is -1.92. The number of carbonyl (C=O) groups is 1. The van der Waals surface area contributed by atoms with Gasteiger partial charge in [0.05, 0.1) is 11.9 Å². The summed E-state index contributed by atoms with van der Waals surface area (Å²) in [6.45, 7) is 1.10. The molecule has 1 amide bonds. The summed E-state index contributed by atoms with van der Waals surface area (Å²) in [6, 6.07) is 8.51. The summed E-state index contributed by atoms with van der Waals surface area (Å²) in [7, 11) is 0. The van der Waals surface area contributed by atoms with Crippen LogP contribution in [0.4, 0.5) is 4.39 Å². The fraction of sp³-hybridized carbons (Fsp3) is 0.667. The summed E-state index contributed by atoms with van der Waals surface area (Å²) >= 11 is 0. The van der Waals surface area contributed by atoms with E-state index in [1.54, 1.807) is 0 Å². The molecule has 1 aromatic carbocycles. The van der Waals surface area contributed by atoms with Crippen molar-refractivity contribution in [1.82, 2.24) is 5.32 Å². The molecule has 0 aromatic heterocycles. The van der Waals surface area contributed by atoms with E-state index in [4.69, 9.17) is 15.2 Å². The van der Waals surface area contributed by atoms with Crippen molar-refractivity contribution in [3.05, 3.63) is 41.7 Å². The third-order valence-corrected chi connectivity index (χ3v) is 9.13. The topological polar surface area (TPSA) is 73.6 Å². The monoisotopic (exact) mass is 456 g/mol. The average molecular weight is 457 g/mol. The maximum Gasteiger partial charge on any atom is 0.226 e. The van der Waals surface area contributed by atoms with Crippen LogP contribution in [0, 0.1) is 5.41 Å². The molecule has 5 nitrogen and oxygen atoms in total. The van der Waals surface area contributed by atoms with Gasteiger partial charge in [0.25, 0.3) is 0 Å². The lowest BCUT2D eigenvalue weighted by atomic mass is 9.51. The number of benzene rings is 1. The molecule has 3 N–H and O–H groups in total. The molecule has 1 spiro atoms. The first-order valence-corrected chi connectivity index (χ1v) is 12.7. The van der Waals surface area contributed by atoms with Gasteiger partial charge in [-0.15, -0.1) is 0 Å². The number of halogens is 1. The molecule has 33 heavy (non-hydrogen) atoms. The highest BCUT2D eigenvalue weighted by atomic mass is 19.1. The molecule has 6 rings (SSSR count). The number of hydrogen-bond acceptors (Lipinski definition) is 4. The quantitative estimate of drug-likeness (QED) is 0.624. The average Bonchev–Trinajstić information content (AvgIpc) is 2.85. The van der Waals surface area contributed by atoms with Gasteiger partial charge in [-0.05, 0) is 93.7 Å². The van der Waals surface area contributed by atoms with Crippen molar-refractivity contribution in [2.45, 2.75) is 87.7 Å². The van der Waals surface area contributed by atoms with Gasteiger partial charge < -0.3 is 20.5 Å². The van der Waals surface area contributed by atoms with Gasteiger partial charge in [-0.2, -0.15) is 0 Å². The van der Waals surface area contributed by atoms with E-state index in [1.165, 1.54) is 12.0 Å². The Kier molecular flexibility index (Phi) is 6.25. The Morgan fingerprint density at radius 3 is 2.39 bits per heavy atom. The molecule has 5 fully saturated rings. The molecule has 0 radical (unpaired) electrons. The molecule has 1 heterocycles. The van der Waals surface area contributed by atoms with Crippen molar-refractivity contribution in [2.24, 2.45) is 11.1 Å². The van der Waals surface area contributed by atoms with Crippen LogP contribution in [0.3, 0.4) is 0 Å². The second kappa shape index (κ2) is 9.03. The fourth-order valence-corrected chi connectivity index (χ4v) is 6.58. The van der Waals surface area contributed by atoms with Crippen LogP contribution in [-0.2, 0) is 14.9 Å². The summed E-state index contributed by atoms with van der Waals surface area (Å²) in [5.41, 5.74) is 7.30. The van der Waals surface area contributed by atoms with Gasteiger partial charge in [0.15, 0.2) is 0 Å². The minimum Gasteiger partial charge on any atom is -0.489 e. The van der Waals surface area contributed by atoms with Crippen LogP contribution < -0.4 is 15.8 Å². The van der Waals surface area contributed by atoms with E-state index >= 15 is 0 Å². The minimum atomic E-state index is -0.187. The third-order valence-electron chi connectivity index (χ3n) is 9.13. The number of nitrogens with one attached hydrogen (secondary N) is 1. The van der Waals surface area contributed by atoms with Crippen LogP contribution >= 0.6 is 0 Å². The van der Waals surface area contributed by atoms with Crippen molar-refractivity contribution >= 4 is 5.91 Å². The fourth-order valence-electron chi connectivity index (χ4n) is 6.58. The van der Waals surface area contributed by atoms with Gasteiger partial charge in [-0.1, -0.05) is 12.1 Å². The van der Waals surface area contributed by atoms with E-state index in [0.29, 0.717) is 11.9 Å². The second-order valence-corrected chi connectivity index (χ2v) is 10.9. The third kappa shape index (κ3) is 4.32. The lowest BCUT2D eigenvalue weighted by Crippen LogP contribution is -2.57. The number of nitrogens with two attached hydrogens (primary N) is 1. The predicted molar refractivity (Wildman–Crippen MR) is 126 cm³/mol. The summed E-state index contributed by atoms with van der Waals surface area (Å²) in [5, 5.41) is 3.45. The van der Waals surface area contributed by atoms with Crippen molar-refractivity contribution in [3.63, 3.8) is 0 Å². The van der Waals surface area contributed by atoms with Crippen LogP contribution in [0.15, 0.2) is 36.2 Å². The Bertz CT molecular complexity index is 869. The van der Waals surface area contributed by atoms with E-state index in [1.807, 2.05) is 12.1 Å². The number of hydrogen-bond donors (Lipinski definition) is 2. The standard InChI is InChI=1S/C27H37FN2O3/c28-17-20(18-29)19-32-23-4-2-21(3-5-23)25-9-12-26(13-10-25,14-11-25)24(31)30-22-6-15-33-27(16-22)7-1-8-27/h2-5,17,22H,1,6-16,18-19,29H2,(H,30,31). The number of rotatable bonds is 7. The van der Waals surface area contributed by atoms with Gasteiger partial charge in [0, 0.05) is 30.2 Å². The number of amides is 1. The zero-order chi connectivity index (χ0) is 22.9. The summed E-state index contributed by atoms with van der Waals surface area (Å²) in [4.78, 5) is 13.4. The zero-order valence-electron chi connectivity index (χ0n) is 19.5. The smallest absolute Gasteiger partial charge is 0.226 e. The van der Waals surface area contributed by atoms with E-state index in [0.717, 1.165) is 76.6 Å². The maximum atomic E-state index is 13.4. The van der Waals surface area contributed by atoms with E-state index in [2.05, 4.69) is 17.4 Å². The molecule has 6 heteroatoms. The Morgan fingerprint density at radius 2 is 1.82 bits per heavy atom. The van der Waals surface area contributed by atoms with Gasteiger partial charge in [-0.25, -0.2) is 4.39 Å². The van der Waals surface area contributed by atoms with E-state index in [9.17, 15) is 9.18 Å². The van der Waals surface area contributed by atoms with Crippen LogP contribution in [-0.4, -0.2) is 37.3 Å². The first-order chi connectivity index (χ1) is 16.0.